The van der Waals surface area contributed by atoms with E-state index in [1.807, 2.05) is 19.9 Å². The van der Waals surface area contributed by atoms with Crippen LogP contribution in [0.4, 0.5) is 0 Å². The molecular formula is C11H15N5O2. The fraction of sp³-hybridized carbons (Fsp3) is 0.455. The third-order valence-corrected chi connectivity index (χ3v) is 2.38. The molecule has 18 heavy (non-hydrogen) atoms. The number of aliphatic hydroxyl groups is 1. The van der Waals surface area contributed by atoms with Crippen LogP contribution in [-0.2, 0) is 0 Å². The average Bonchev–Trinajstić information content (AvgIpc) is 2.69. The van der Waals surface area contributed by atoms with Crippen LogP contribution in [0.1, 0.15) is 28.9 Å². The lowest BCUT2D eigenvalue weighted by Crippen LogP contribution is -2.31. The molecule has 0 radical (unpaired) electrons. The van der Waals surface area contributed by atoms with Crippen molar-refractivity contribution >= 4 is 11.7 Å². The monoisotopic (exact) mass is 249 g/mol. The highest BCUT2D eigenvalue weighted by Gasteiger charge is 2.14. The van der Waals surface area contributed by atoms with Gasteiger partial charge >= 0.3 is 0 Å². The maximum Gasteiger partial charge on any atom is 0.291 e. The van der Waals surface area contributed by atoms with Gasteiger partial charge in [-0.3, -0.25) is 4.79 Å². The van der Waals surface area contributed by atoms with Crippen molar-refractivity contribution in [2.45, 2.75) is 26.9 Å². The summed E-state index contributed by atoms with van der Waals surface area (Å²) in [5, 5.41) is 15.7. The number of aliphatic hydroxyl groups excluding tert-OH is 1. The Kier molecular flexibility index (Phi) is 3.24. The minimum absolute atomic E-state index is 0.0526. The molecule has 0 bridgehead atoms. The minimum Gasteiger partial charge on any atom is -0.392 e. The Hall–Kier alpha value is -2.02. The maximum absolute atomic E-state index is 11.7. The van der Waals surface area contributed by atoms with Crippen molar-refractivity contribution in [3.05, 3.63) is 23.3 Å². The van der Waals surface area contributed by atoms with E-state index < -0.39 is 12.0 Å². The van der Waals surface area contributed by atoms with Gasteiger partial charge in [-0.1, -0.05) is 0 Å². The molecule has 7 nitrogen and oxygen atoms in total. The third kappa shape index (κ3) is 2.45. The molecule has 7 heteroatoms. The van der Waals surface area contributed by atoms with Gasteiger partial charge in [-0.05, 0) is 26.8 Å². The molecule has 0 unspecified atom stereocenters. The van der Waals surface area contributed by atoms with Crippen LogP contribution in [-0.4, -0.2) is 43.2 Å². The molecule has 0 aromatic carbocycles. The van der Waals surface area contributed by atoms with Crippen molar-refractivity contribution < 1.29 is 9.90 Å². The lowest BCUT2D eigenvalue weighted by Gasteiger charge is -2.03. The third-order valence-electron chi connectivity index (χ3n) is 2.38. The van der Waals surface area contributed by atoms with Gasteiger partial charge in [-0.25, -0.2) is 9.50 Å². The first-order valence-electron chi connectivity index (χ1n) is 5.64. The van der Waals surface area contributed by atoms with Gasteiger partial charge in [0.1, 0.15) is 0 Å². The zero-order valence-electron chi connectivity index (χ0n) is 10.5. The largest absolute Gasteiger partial charge is 0.392 e. The first-order chi connectivity index (χ1) is 8.47. The van der Waals surface area contributed by atoms with E-state index in [1.54, 1.807) is 6.92 Å². The van der Waals surface area contributed by atoms with Crippen LogP contribution >= 0.6 is 0 Å². The predicted octanol–water partition coefficient (Wildman–Crippen LogP) is -0.148. The molecule has 2 aromatic rings. The van der Waals surface area contributed by atoms with Gasteiger partial charge < -0.3 is 10.4 Å². The molecular weight excluding hydrogens is 234 g/mol. The summed E-state index contributed by atoms with van der Waals surface area (Å²) in [6, 6.07) is 1.86. The average molecular weight is 249 g/mol. The number of carbonyl (C=O) groups is 1. The van der Waals surface area contributed by atoms with Gasteiger partial charge in [0.25, 0.3) is 11.7 Å². The molecule has 0 spiro atoms. The second-order valence-corrected chi connectivity index (χ2v) is 4.25. The minimum atomic E-state index is -0.604. The number of nitrogens with one attached hydrogen (secondary N) is 1. The first kappa shape index (κ1) is 12.4. The number of aromatic nitrogens is 4. The molecule has 1 atom stereocenters. The molecule has 0 saturated heterocycles. The number of amides is 1. The van der Waals surface area contributed by atoms with E-state index in [9.17, 15) is 4.79 Å². The lowest BCUT2D eigenvalue weighted by molar-refractivity contribution is 0.0914. The summed E-state index contributed by atoms with van der Waals surface area (Å²) in [6.45, 7) is 5.48. The SMILES string of the molecule is Cc1cc(C)n2nc(C(=O)NC[C@H](C)O)nc2n1. The number of hydrogen-bond donors (Lipinski definition) is 2. The summed E-state index contributed by atoms with van der Waals surface area (Å²) in [6.07, 6.45) is -0.604. The standard InChI is InChI=1S/C11H15N5O2/c1-6-4-7(2)16-11(13-6)14-9(15-16)10(18)12-5-8(3)17/h4,8,17H,5H2,1-3H3,(H,12,18)/t8-/m0/s1. The number of rotatable bonds is 3. The van der Waals surface area contributed by atoms with Crippen LogP contribution in [0.3, 0.4) is 0 Å². The van der Waals surface area contributed by atoms with Crippen molar-refractivity contribution in [1.29, 1.82) is 0 Å². The van der Waals surface area contributed by atoms with Crippen molar-refractivity contribution in [2.24, 2.45) is 0 Å². The van der Waals surface area contributed by atoms with Gasteiger partial charge in [0.2, 0.25) is 5.82 Å². The summed E-state index contributed by atoms with van der Waals surface area (Å²) in [7, 11) is 0. The van der Waals surface area contributed by atoms with Gasteiger partial charge in [0.15, 0.2) is 0 Å². The highest BCUT2D eigenvalue weighted by Crippen LogP contribution is 2.05. The Morgan fingerprint density at radius 1 is 1.50 bits per heavy atom. The number of hydrogen-bond acceptors (Lipinski definition) is 5. The van der Waals surface area contributed by atoms with Gasteiger partial charge in [0.05, 0.1) is 6.10 Å². The van der Waals surface area contributed by atoms with Gasteiger partial charge in [0, 0.05) is 17.9 Å². The Bertz CT molecular complexity index is 590. The topological polar surface area (TPSA) is 92.4 Å². The normalized spacial score (nSPS) is 12.7. The van der Waals surface area contributed by atoms with E-state index in [-0.39, 0.29) is 12.4 Å². The lowest BCUT2D eigenvalue weighted by atomic mass is 10.4. The van der Waals surface area contributed by atoms with Crippen LogP contribution in [0.25, 0.3) is 5.78 Å². The fourth-order valence-corrected chi connectivity index (χ4v) is 1.58. The molecule has 2 aromatic heterocycles. The zero-order valence-corrected chi connectivity index (χ0v) is 10.5. The van der Waals surface area contributed by atoms with Gasteiger partial charge in [-0.15, -0.1) is 5.10 Å². The molecule has 0 aliphatic carbocycles. The maximum atomic E-state index is 11.7. The summed E-state index contributed by atoms with van der Waals surface area (Å²) in [5.74, 6) is 0.0324. The van der Waals surface area contributed by atoms with Crippen LogP contribution in [0.5, 0.6) is 0 Å². The van der Waals surface area contributed by atoms with Crippen LogP contribution in [0.2, 0.25) is 0 Å². The quantitative estimate of drug-likeness (QED) is 0.789. The van der Waals surface area contributed by atoms with Crippen molar-refractivity contribution in [3.63, 3.8) is 0 Å². The summed E-state index contributed by atoms with van der Waals surface area (Å²) in [5.41, 5.74) is 1.68. The van der Waals surface area contributed by atoms with E-state index in [1.165, 1.54) is 4.52 Å². The Morgan fingerprint density at radius 3 is 2.89 bits per heavy atom. The van der Waals surface area contributed by atoms with Crippen LogP contribution in [0, 0.1) is 13.8 Å². The smallest absolute Gasteiger partial charge is 0.291 e. The predicted molar refractivity (Wildman–Crippen MR) is 64.3 cm³/mol. The highest BCUT2D eigenvalue weighted by atomic mass is 16.3. The summed E-state index contributed by atoms with van der Waals surface area (Å²) >= 11 is 0. The Labute approximate surface area is 104 Å². The second-order valence-electron chi connectivity index (χ2n) is 4.25. The molecule has 0 fully saturated rings. The van der Waals surface area contributed by atoms with Crippen molar-refractivity contribution in [1.82, 2.24) is 24.9 Å². The first-order valence-corrected chi connectivity index (χ1v) is 5.64. The molecule has 2 N–H and O–H groups in total. The fourth-order valence-electron chi connectivity index (χ4n) is 1.58. The van der Waals surface area contributed by atoms with E-state index in [0.29, 0.717) is 5.78 Å². The van der Waals surface area contributed by atoms with Gasteiger partial charge in [-0.2, -0.15) is 4.98 Å². The van der Waals surface area contributed by atoms with E-state index in [2.05, 4.69) is 20.4 Å². The molecule has 0 aliphatic heterocycles. The number of nitrogens with zero attached hydrogens (tertiary/aromatic N) is 4. The molecule has 1 amide bonds. The number of carbonyl (C=O) groups excluding carboxylic acids is 1. The molecule has 0 saturated carbocycles. The Morgan fingerprint density at radius 2 is 2.22 bits per heavy atom. The van der Waals surface area contributed by atoms with Crippen LogP contribution < -0.4 is 5.32 Å². The second kappa shape index (κ2) is 4.69. The van der Waals surface area contributed by atoms with Crippen LogP contribution in [0.15, 0.2) is 6.07 Å². The highest BCUT2D eigenvalue weighted by molar-refractivity contribution is 5.90. The molecule has 0 aliphatic rings. The summed E-state index contributed by atoms with van der Waals surface area (Å²) in [4.78, 5) is 20.0. The summed E-state index contributed by atoms with van der Waals surface area (Å²) < 4.78 is 1.52. The number of fused-ring (bicyclic) bond motifs is 1. The van der Waals surface area contributed by atoms with Crippen molar-refractivity contribution in [2.75, 3.05) is 6.54 Å². The molecule has 96 valence electrons. The zero-order chi connectivity index (χ0) is 13.3. The number of aryl methyl sites for hydroxylation is 2. The van der Waals surface area contributed by atoms with E-state index >= 15 is 0 Å². The molecule has 2 rings (SSSR count). The molecule has 2 heterocycles. The van der Waals surface area contributed by atoms with E-state index in [4.69, 9.17) is 5.11 Å². The van der Waals surface area contributed by atoms with Crippen molar-refractivity contribution in [3.8, 4) is 0 Å². The Balaban J connectivity index is 2.30. The van der Waals surface area contributed by atoms with E-state index in [0.717, 1.165) is 11.4 Å².